The fraction of sp³-hybridized carbons (Fsp3) is 0.667. The molecule has 0 amide bonds. The largest absolute Gasteiger partial charge is 0.462 e. The molecule has 0 saturated heterocycles. The van der Waals surface area contributed by atoms with E-state index in [-0.39, 0.29) is 31.1 Å². The van der Waals surface area contributed by atoms with Crippen LogP contribution in [0.3, 0.4) is 0 Å². The van der Waals surface area contributed by atoms with Crippen molar-refractivity contribution in [2.45, 2.75) is 258 Å². The molecule has 6 heteroatoms. The Morgan fingerprint density at radius 3 is 0.913 bits per heavy atom. The van der Waals surface area contributed by atoms with Crippen molar-refractivity contribution in [3.05, 3.63) is 109 Å². The first-order chi connectivity index (χ1) is 34.0. The molecule has 1 unspecified atom stereocenters. The molecule has 0 aliphatic heterocycles. The Labute approximate surface area is 425 Å². The molecule has 0 aromatic heterocycles. The Morgan fingerprint density at radius 1 is 0.304 bits per heavy atom. The molecule has 0 aliphatic rings. The summed E-state index contributed by atoms with van der Waals surface area (Å²) in [5.74, 6) is -0.950. The fourth-order valence-electron chi connectivity index (χ4n) is 7.47. The van der Waals surface area contributed by atoms with Gasteiger partial charge in [-0.25, -0.2) is 0 Å². The minimum atomic E-state index is -0.801. The lowest BCUT2D eigenvalue weighted by atomic mass is 10.1. The van der Waals surface area contributed by atoms with E-state index in [2.05, 4.69) is 130 Å². The van der Waals surface area contributed by atoms with Crippen LogP contribution in [0.1, 0.15) is 252 Å². The van der Waals surface area contributed by atoms with Crippen LogP contribution in [0.5, 0.6) is 0 Å². The molecule has 0 heterocycles. The highest BCUT2D eigenvalue weighted by molar-refractivity contribution is 5.71. The summed E-state index contributed by atoms with van der Waals surface area (Å²) < 4.78 is 16.8. The molecule has 0 saturated carbocycles. The maximum atomic E-state index is 12.8. The van der Waals surface area contributed by atoms with Gasteiger partial charge in [-0.1, -0.05) is 214 Å². The van der Waals surface area contributed by atoms with Crippen LogP contribution in [-0.4, -0.2) is 37.2 Å². The first kappa shape index (κ1) is 65.1. The molecule has 0 bridgehead atoms. The highest BCUT2D eigenvalue weighted by Crippen LogP contribution is 2.13. The second-order valence-electron chi connectivity index (χ2n) is 18.5. The second kappa shape index (κ2) is 56.7. The number of carbonyl (C=O) groups is 3. The van der Waals surface area contributed by atoms with Crippen molar-refractivity contribution >= 4 is 17.9 Å². The summed E-state index contributed by atoms with van der Waals surface area (Å²) in [7, 11) is 0. The van der Waals surface area contributed by atoms with E-state index in [1.54, 1.807) is 0 Å². The minimum Gasteiger partial charge on any atom is -0.462 e. The van der Waals surface area contributed by atoms with Crippen molar-refractivity contribution in [2.24, 2.45) is 0 Å². The molecule has 0 fully saturated rings. The second-order valence-corrected chi connectivity index (χ2v) is 18.5. The van der Waals surface area contributed by atoms with E-state index < -0.39 is 6.10 Å². The number of hydrogen-bond donors (Lipinski definition) is 0. The van der Waals surface area contributed by atoms with E-state index >= 15 is 0 Å². The summed E-state index contributed by atoms with van der Waals surface area (Å²) in [6.45, 7) is 6.45. The predicted molar refractivity (Wildman–Crippen MR) is 297 cm³/mol. The molecule has 1 atom stereocenters. The third-order valence-electron chi connectivity index (χ3n) is 11.7. The van der Waals surface area contributed by atoms with Crippen molar-refractivity contribution in [1.29, 1.82) is 0 Å². The molecular weight excluding hydrogens is 853 g/mol. The smallest absolute Gasteiger partial charge is 0.306 e. The van der Waals surface area contributed by atoms with E-state index in [9.17, 15) is 14.4 Å². The van der Waals surface area contributed by atoms with Gasteiger partial charge in [0.1, 0.15) is 13.2 Å². The SMILES string of the molecule is CC/C=C\C/C=C\C/C=C\C/C=C\C/C=C\C/C=C\C/C=C\CCCCCC(=O)OCC(COC(=O)CCCCCCC/C=C\CCCCCC)OC(=O)CCCCCCC/C=C\CCCCCC. The van der Waals surface area contributed by atoms with Gasteiger partial charge in [-0.05, 0) is 128 Å². The molecule has 0 radical (unpaired) electrons. The number of ether oxygens (including phenoxy) is 3. The lowest BCUT2D eigenvalue weighted by Gasteiger charge is -2.18. The average Bonchev–Trinajstić information content (AvgIpc) is 3.35. The van der Waals surface area contributed by atoms with Gasteiger partial charge in [0.15, 0.2) is 6.10 Å². The number of carbonyl (C=O) groups excluding carboxylic acids is 3. The number of hydrogen-bond acceptors (Lipinski definition) is 6. The fourth-order valence-corrected chi connectivity index (χ4v) is 7.47. The number of unbranched alkanes of at least 4 members (excludes halogenated alkanes) is 21. The molecule has 0 rings (SSSR count). The van der Waals surface area contributed by atoms with Gasteiger partial charge in [-0.3, -0.25) is 14.4 Å². The molecule has 392 valence electrons. The van der Waals surface area contributed by atoms with Crippen LogP contribution < -0.4 is 0 Å². The topological polar surface area (TPSA) is 78.9 Å². The monoisotopic (exact) mass is 957 g/mol. The van der Waals surface area contributed by atoms with Crippen molar-refractivity contribution in [3.8, 4) is 0 Å². The zero-order valence-electron chi connectivity index (χ0n) is 44.8. The van der Waals surface area contributed by atoms with Crippen molar-refractivity contribution in [1.82, 2.24) is 0 Å². The quantitative estimate of drug-likeness (QED) is 0.0262. The Balaban J connectivity index is 4.42. The van der Waals surface area contributed by atoms with Crippen molar-refractivity contribution < 1.29 is 28.6 Å². The van der Waals surface area contributed by atoms with Gasteiger partial charge in [0.25, 0.3) is 0 Å². The van der Waals surface area contributed by atoms with Crippen LogP contribution in [0.2, 0.25) is 0 Å². The van der Waals surface area contributed by atoms with E-state index in [1.165, 1.54) is 77.0 Å². The Hall–Kier alpha value is -3.93. The Bertz CT molecular complexity index is 1420. The van der Waals surface area contributed by atoms with Gasteiger partial charge >= 0.3 is 17.9 Å². The Morgan fingerprint density at radius 2 is 0.565 bits per heavy atom. The third-order valence-corrected chi connectivity index (χ3v) is 11.7. The maximum Gasteiger partial charge on any atom is 0.306 e. The maximum absolute atomic E-state index is 12.8. The highest BCUT2D eigenvalue weighted by atomic mass is 16.6. The average molecular weight is 958 g/mol. The summed E-state index contributed by atoms with van der Waals surface area (Å²) in [5.41, 5.74) is 0. The number of rotatable bonds is 50. The van der Waals surface area contributed by atoms with Crippen LogP contribution in [0.15, 0.2) is 109 Å². The van der Waals surface area contributed by atoms with Gasteiger partial charge in [0, 0.05) is 19.3 Å². The zero-order valence-corrected chi connectivity index (χ0v) is 44.8. The van der Waals surface area contributed by atoms with Crippen LogP contribution >= 0.6 is 0 Å². The first-order valence-electron chi connectivity index (χ1n) is 28.4. The zero-order chi connectivity index (χ0) is 50.0. The first-order valence-corrected chi connectivity index (χ1v) is 28.4. The summed E-state index contributed by atoms with van der Waals surface area (Å²) in [6.07, 6.45) is 76.5. The predicted octanol–water partition coefficient (Wildman–Crippen LogP) is 19.1. The van der Waals surface area contributed by atoms with E-state index in [1.807, 2.05) is 0 Å². The highest BCUT2D eigenvalue weighted by Gasteiger charge is 2.19. The van der Waals surface area contributed by atoms with Gasteiger partial charge in [-0.15, -0.1) is 0 Å². The normalized spacial score (nSPS) is 12.9. The van der Waals surface area contributed by atoms with Crippen LogP contribution in [-0.2, 0) is 28.6 Å². The molecule has 0 aliphatic carbocycles. The summed E-state index contributed by atoms with van der Waals surface area (Å²) in [4.78, 5) is 38.1. The molecule has 0 aromatic rings. The van der Waals surface area contributed by atoms with Gasteiger partial charge in [0.2, 0.25) is 0 Å². The van der Waals surface area contributed by atoms with E-state index in [0.29, 0.717) is 19.3 Å². The van der Waals surface area contributed by atoms with Gasteiger partial charge in [-0.2, -0.15) is 0 Å². The molecule has 0 N–H and O–H groups in total. The molecular formula is C63H104O6. The van der Waals surface area contributed by atoms with Gasteiger partial charge in [0.05, 0.1) is 0 Å². The summed E-state index contributed by atoms with van der Waals surface area (Å²) >= 11 is 0. The van der Waals surface area contributed by atoms with Crippen LogP contribution in [0.4, 0.5) is 0 Å². The molecule has 0 aromatic carbocycles. The van der Waals surface area contributed by atoms with E-state index in [0.717, 1.165) is 135 Å². The van der Waals surface area contributed by atoms with Crippen molar-refractivity contribution in [2.75, 3.05) is 13.2 Å². The third kappa shape index (κ3) is 54.9. The van der Waals surface area contributed by atoms with Crippen molar-refractivity contribution in [3.63, 3.8) is 0 Å². The summed E-state index contributed by atoms with van der Waals surface area (Å²) in [6, 6.07) is 0. The standard InChI is InChI=1S/C63H104O6/c1-4-7-10-13-16-19-22-25-26-27-28-29-30-31-32-33-34-35-36-39-41-44-47-50-53-56-62(65)68-59-60(69-63(66)57-54-51-48-45-42-38-24-21-18-15-12-9-6-3)58-67-61(64)55-52-49-46-43-40-37-23-20-17-14-11-8-5-2/h7,10,16,19-21,23-26,28-29,31-32,34-35,39,41,60H,4-6,8-9,11-15,17-18,22,27,30,33,36-38,40,42-59H2,1-3H3/b10-7-,19-16-,23-20-,24-21-,26-25-,29-28-,32-31-,35-34-,41-39-. The van der Waals surface area contributed by atoms with Crippen LogP contribution in [0, 0.1) is 0 Å². The minimum absolute atomic E-state index is 0.0976. The number of allylic oxidation sites excluding steroid dienone is 18. The van der Waals surface area contributed by atoms with Crippen LogP contribution in [0.25, 0.3) is 0 Å². The Kier molecular flexibility index (Phi) is 53.4. The lowest BCUT2D eigenvalue weighted by molar-refractivity contribution is -0.167. The van der Waals surface area contributed by atoms with E-state index in [4.69, 9.17) is 14.2 Å². The lowest BCUT2D eigenvalue weighted by Crippen LogP contribution is -2.30. The van der Waals surface area contributed by atoms with Gasteiger partial charge < -0.3 is 14.2 Å². The molecule has 0 spiro atoms. The number of esters is 3. The summed E-state index contributed by atoms with van der Waals surface area (Å²) in [5, 5.41) is 0. The molecule has 69 heavy (non-hydrogen) atoms. The molecule has 6 nitrogen and oxygen atoms in total.